The van der Waals surface area contributed by atoms with E-state index in [4.69, 9.17) is 9.52 Å². The molecule has 0 spiro atoms. The molecule has 1 atom stereocenters. The molecule has 1 fully saturated rings. The second kappa shape index (κ2) is 5.54. The van der Waals surface area contributed by atoms with Gasteiger partial charge in [0.1, 0.15) is 11.3 Å². The first-order valence-electron chi connectivity index (χ1n) is 6.30. The molecular formula is C13H20N2O3. The van der Waals surface area contributed by atoms with E-state index in [0.29, 0.717) is 18.3 Å². The number of rotatable bonds is 3. The van der Waals surface area contributed by atoms with E-state index in [1.54, 1.807) is 0 Å². The molecule has 1 N–H and O–H groups in total. The predicted molar refractivity (Wildman–Crippen MR) is 67.7 cm³/mol. The van der Waals surface area contributed by atoms with Gasteiger partial charge in [-0.1, -0.05) is 0 Å². The van der Waals surface area contributed by atoms with Crippen LogP contribution in [0.3, 0.4) is 0 Å². The first-order chi connectivity index (χ1) is 8.58. The van der Waals surface area contributed by atoms with Crippen molar-refractivity contribution < 1.29 is 14.3 Å². The fraction of sp³-hybridized carbons (Fsp3) is 0.615. The van der Waals surface area contributed by atoms with Gasteiger partial charge in [0, 0.05) is 19.1 Å². The van der Waals surface area contributed by atoms with Crippen molar-refractivity contribution in [1.29, 1.82) is 0 Å². The van der Waals surface area contributed by atoms with Gasteiger partial charge in [0.15, 0.2) is 0 Å². The third-order valence-electron chi connectivity index (χ3n) is 3.51. The van der Waals surface area contributed by atoms with Crippen molar-refractivity contribution in [3.05, 3.63) is 23.7 Å². The van der Waals surface area contributed by atoms with Crippen molar-refractivity contribution in [2.75, 3.05) is 26.7 Å². The van der Waals surface area contributed by atoms with Gasteiger partial charge in [-0.2, -0.15) is 0 Å². The number of hydrogen-bond donors (Lipinski definition) is 1. The highest BCUT2D eigenvalue weighted by atomic mass is 16.4. The zero-order valence-corrected chi connectivity index (χ0v) is 10.9. The Hall–Kier alpha value is -1.33. The van der Waals surface area contributed by atoms with Gasteiger partial charge >= 0.3 is 5.97 Å². The smallest absolute Gasteiger partial charge is 0.339 e. The molecule has 1 aliphatic heterocycles. The van der Waals surface area contributed by atoms with Crippen LogP contribution in [0.25, 0.3) is 0 Å². The topological polar surface area (TPSA) is 56.9 Å². The molecule has 1 aliphatic rings. The Kier molecular flexibility index (Phi) is 4.04. The van der Waals surface area contributed by atoms with Crippen LogP contribution in [-0.2, 0) is 6.54 Å². The Morgan fingerprint density at radius 1 is 1.56 bits per heavy atom. The molecule has 1 aromatic rings. The van der Waals surface area contributed by atoms with E-state index in [-0.39, 0.29) is 5.56 Å². The Bertz CT molecular complexity index is 416. The normalized spacial score (nSPS) is 22.9. The van der Waals surface area contributed by atoms with Crippen LogP contribution >= 0.6 is 0 Å². The minimum absolute atomic E-state index is 0.278. The Labute approximate surface area is 107 Å². The maximum atomic E-state index is 11.0. The number of hydrogen-bond acceptors (Lipinski definition) is 4. The lowest BCUT2D eigenvalue weighted by atomic mass is 10.2. The molecule has 2 rings (SSSR count). The molecule has 0 bridgehead atoms. The number of aromatic carboxylic acids is 1. The average molecular weight is 252 g/mol. The fourth-order valence-corrected chi connectivity index (χ4v) is 2.49. The summed E-state index contributed by atoms with van der Waals surface area (Å²) in [4.78, 5) is 15.6. The minimum Gasteiger partial charge on any atom is -0.478 e. The van der Waals surface area contributed by atoms with Crippen molar-refractivity contribution in [3.63, 3.8) is 0 Å². The van der Waals surface area contributed by atoms with Crippen LogP contribution in [0.1, 0.15) is 29.5 Å². The quantitative estimate of drug-likeness (QED) is 0.883. The number of carboxylic acids is 1. The van der Waals surface area contributed by atoms with Crippen molar-refractivity contribution in [3.8, 4) is 0 Å². The fourth-order valence-electron chi connectivity index (χ4n) is 2.49. The van der Waals surface area contributed by atoms with E-state index in [9.17, 15) is 4.79 Å². The first-order valence-corrected chi connectivity index (χ1v) is 6.30. The van der Waals surface area contributed by atoms with E-state index in [0.717, 1.165) is 26.1 Å². The Morgan fingerprint density at radius 2 is 2.33 bits per heavy atom. The van der Waals surface area contributed by atoms with E-state index in [1.807, 2.05) is 0 Å². The zero-order chi connectivity index (χ0) is 13.1. The SMILES string of the molecule is CC1CN(C)CCCN1Cc1occc1C(=O)O. The standard InChI is InChI=1S/C13H20N2O3/c1-10-8-14(2)5-3-6-15(10)9-12-11(13(16)17)4-7-18-12/h4,7,10H,3,5-6,8-9H2,1-2H3,(H,16,17). The molecule has 100 valence electrons. The molecule has 0 aromatic carbocycles. The summed E-state index contributed by atoms with van der Waals surface area (Å²) in [5.41, 5.74) is 0.278. The Balaban J connectivity index is 2.07. The predicted octanol–water partition coefficient (Wildman–Crippen LogP) is 1.50. The summed E-state index contributed by atoms with van der Waals surface area (Å²) >= 11 is 0. The van der Waals surface area contributed by atoms with E-state index in [2.05, 4.69) is 23.8 Å². The van der Waals surface area contributed by atoms with E-state index in [1.165, 1.54) is 12.3 Å². The number of carbonyl (C=O) groups is 1. The molecule has 5 nitrogen and oxygen atoms in total. The summed E-state index contributed by atoms with van der Waals surface area (Å²) in [6, 6.07) is 1.93. The summed E-state index contributed by atoms with van der Waals surface area (Å²) in [6.45, 7) is 5.81. The highest BCUT2D eigenvalue weighted by Crippen LogP contribution is 2.17. The molecule has 18 heavy (non-hydrogen) atoms. The lowest BCUT2D eigenvalue weighted by Crippen LogP contribution is -2.37. The summed E-state index contributed by atoms with van der Waals surface area (Å²) in [6.07, 6.45) is 2.55. The molecule has 5 heteroatoms. The molecule has 0 saturated carbocycles. The highest BCUT2D eigenvalue weighted by molar-refractivity contribution is 5.88. The molecule has 0 radical (unpaired) electrons. The molecular weight excluding hydrogens is 232 g/mol. The van der Waals surface area contributed by atoms with Gasteiger partial charge in [-0.05, 0) is 33.0 Å². The van der Waals surface area contributed by atoms with Gasteiger partial charge < -0.3 is 14.4 Å². The van der Waals surface area contributed by atoms with Crippen LogP contribution in [0.4, 0.5) is 0 Å². The van der Waals surface area contributed by atoms with Crippen LogP contribution in [0.5, 0.6) is 0 Å². The van der Waals surface area contributed by atoms with Crippen molar-refractivity contribution in [1.82, 2.24) is 9.80 Å². The van der Waals surface area contributed by atoms with Gasteiger partial charge in [0.2, 0.25) is 0 Å². The second-order valence-corrected chi connectivity index (χ2v) is 5.00. The van der Waals surface area contributed by atoms with Crippen LogP contribution in [0, 0.1) is 0 Å². The van der Waals surface area contributed by atoms with Gasteiger partial charge in [0.25, 0.3) is 0 Å². The van der Waals surface area contributed by atoms with Crippen LogP contribution in [0.15, 0.2) is 16.7 Å². The summed E-state index contributed by atoms with van der Waals surface area (Å²) in [5.74, 6) is -0.364. The van der Waals surface area contributed by atoms with Gasteiger partial charge in [-0.25, -0.2) is 4.79 Å². The van der Waals surface area contributed by atoms with Gasteiger partial charge in [-0.3, -0.25) is 4.90 Å². The van der Waals surface area contributed by atoms with Crippen LogP contribution in [-0.4, -0.2) is 53.6 Å². The lowest BCUT2D eigenvalue weighted by Gasteiger charge is -2.27. The minimum atomic E-state index is -0.918. The number of likely N-dealkylation sites (N-methyl/N-ethyl adjacent to an activating group) is 1. The molecule has 0 amide bonds. The second-order valence-electron chi connectivity index (χ2n) is 5.00. The maximum absolute atomic E-state index is 11.0. The van der Waals surface area contributed by atoms with Crippen molar-refractivity contribution >= 4 is 5.97 Å². The molecule has 0 aliphatic carbocycles. The molecule has 1 saturated heterocycles. The van der Waals surface area contributed by atoms with Crippen molar-refractivity contribution in [2.24, 2.45) is 0 Å². The van der Waals surface area contributed by atoms with Crippen LogP contribution < -0.4 is 0 Å². The van der Waals surface area contributed by atoms with E-state index >= 15 is 0 Å². The highest BCUT2D eigenvalue weighted by Gasteiger charge is 2.23. The lowest BCUT2D eigenvalue weighted by molar-refractivity contribution is 0.0691. The third-order valence-corrected chi connectivity index (χ3v) is 3.51. The van der Waals surface area contributed by atoms with Crippen LogP contribution in [0.2, 0.25) is 0 Å². The number of carboxylic acid groups (broad SMARTS) is 1. The molecule has 2 heterocycles. The Morgan fingerprint density at radius 3 is 3.06 bits per heavy atom. The molecule has 1 aromatic heterocycles. The zero-order valence-electron chi connectivity index (χ0n) is 10.9. The summed E-state index contributed by atoms with van der Waals surface area (Å²) in [7, 11) is 2.12. The third kappa shape index (κ3) is 2.91. The largest absolute Gasteiger partial charge is 0.478 e. The van der Waals surface area contributed by atoms with Gasteiger partial charge in [0.05, 0.1) is 12.8 Å². The number of nitrogens with zero attached hydrogens (tertiary/aromatic N) is 2. The maximum Gasteiger partial charge on any atom is 0.339 e. The monoisotopic (exact) mass is 252 g/mol. The first kappa shape index (κ1) is 13.1. The van der Waals surface area contributed by atoms with Gasteiger partial charge in [-0.15, -0.1) is 0 Å². The number of furan rings is 1. The summed E-state index contributed by atoms with van der Waals surface area (Å²) in [5, 5.41) is 9.06. The van der Waals surface area contributed by atoms with E-state index < -0.39 is 5.97 Å². The summed E-state index contributed by atoms with van der Waals surface area (Å²) < 4.78 is 5.31. The molecule has 1 unspecified atom stereocenters. The average Bonchev–Trinajstić information content (AvgIpc) is 2.69. The van der Waals surface area contributed by atoms with Crippen molar-refractivity contribution in [2.45, 2.75) is 25.9 Å².